The maximum Gasteiger partial charge on any atom is 0.284 e. The van der Waals surface area contributed by atoms with Crippen LogP contribution in [0.15, 0.2) is 53.8 Å². The molecule has 1 aromatic carbocycles. The largest absolute Gasteiger partial charge is 0.388 e. The van der Waals surface area contributed by atoms with Gasteiger partial charge in [-0.3, -0.25) is 9.59 Å². The lowest BCUT2D eigenvalue weighted by molar-refractivity contribution is 0.0408. The molecular formula is C20H20ClN5O3. The second-order valence-corrected chi connectivity index (χ2v) is 7.55. The van der Waals surface area contributed by atoms with Crippen molar-refractivity contribution in [2.45, 2.75) is 32.4 Å². The van der Waals surface area contributed by atoms with Crippen LogP contribution in [0.5, 0.6) is 0 Å². The number of halogens is 1. The van der Waals surface area contributed by atoms with Crippen molar-refractivity contribution in [1.29, 1.82) is 0 Å². The Morgan fingerprint density at radius 3 is 2.41 bits per heavy atom. The molecule has 3 rings (SSSR count). The van der Waals surface area contributed by atoms with Crippen LogP contribution in [0.25, 0.3) is 16.9 Å². The molecule has 0 aliphatic heterocycles. The third-order valence-corrected chi connectivity index (χ3v) is 4.75. The van der Waals surface area contributed by atoms with Crippen LogP contribution in [0.4, 0.5) is 0 Å². The van der Waals surface area contributed by atoms with Crippen LogP contribution >= 0.6 is 11.6 Å². The van der Waals surface area contributed by atoms with Crippen molar-refractivity contribution in [3.8, 4) is 16.9 Å². The van der Waals surface area contributed by atoms with E-state index in [-0.39, 0.29) is 5.56 Å². The molecule has 0 saturated carbocycles. The highest BCUT2D eigenvalue weighted by Crippen LogP contribution is 2.20. The topological polar surface area (TPSA) is 110 Å². The monoisotopic (exact) mass is 413 g/mol. The normalized spacial score (nSPS) is 12.4. The number of benzene rings is 1. The van der Waals surface area contributed by atoms with Crippen LogP contribution in [0.2, 0.25) is 5.02 Å². The zero-order valence-corrected chi connectivity index (χ0v) is 16.9. The SMILES string of the molecule is CC(NC(=O)c1cc(-c2ccc(Cl)cc2)nn(-c2cncnc2)c1=O)C(C)(C)O. The summed E-state index contributed by atoms with van der Waals surface area (Å²) in [6, 6.07) is 7.68. The highest BCUT2D eigenvalue weighted by molar-refractivity contribution is 6.30. The molecule has 2 aromatic heterocycles. The molecule has 29 heavy (non-hydrogen) atoms. The van der Waals surface area contributed by atoms with Gasteiger partial charge in [-0.05, 0) is 39.0 Å². The third-order valence-electron chi connectivity index (χ3n) is 4.49. The maximum atomic E-state index is 13.0. The van der Waals surface area contributed by atoms with Crippen LogP contribution in [0, 0.1) is 0 Å². The van der Waals surface area contributed by atoms with E-state index in [1.807, 2.05) is 0 Å². The Morgan fingerprint density at radius 1 is 1.21 bits per heavy atom. The van der Waals surface area contributed by atoms with Crippen molar-refractivity contribution < 1.29 is 9.90 Å². The molecule has 2 N–H and O–H groups in total. The molecule has 150 valence electrons. The van der Waals surface area contributed by atoms with Gasteiger partial charge in [0.25, 0.3) is 11.5 Å². The molecule has 0 bridgehead atoms. The number of amides is 1. The molecule has 8 nitrogen and oxygen atoms in total. The van der Waals surface area contributed by atoms with E-state index in [2.05, 4.69) is 20.4 Å². The fourth-order valence-corrected chi connectivity index (χ4v) is 2.57. The fraction of sp³-hybridized carbons (Fsp3) is 0.250. The highest BCUT2D eigenvalue weighted by atomic mass is 35.5. The van der Waals surface area contributed by atoms with Crippen LogP contribution in [0.1, 0.15) is 31.1 Å². The summed E-state index contributed by atoms with van der Waals surface area (Å²) in [5, 5.41) is 17.7. The quantitative estimate of drug-likeness (QED) is 0.663. The van der Waals surface area contributed by atoms with Gasteiger partial charge in [0.15, 0.2) is 0 Å². The van der Waals surface area contributed by atoms with Crippen LogP contribution in [0.3, 0.4) is 0 Å². The third kappa shape index (κ3) is 4.67. The average Bonchev–Trinajstić information content (AvgIpc) is 2.68. The predicted octanol–water partition coefficient (Wildman–Crippen LogP) is 2.23. The molecule has 0 aliphatic carbocycles. The maximum absolute atomic E-state index is 13.0. The Labute approximate surface area is 172 Å². The van der Waals surface area contributed by atoms with E-state index in [1.165, 1.54) is 24.8 Å². The summed E-state index contributed by atoms with van der Waals surface area (Å²) in [4.78, 5) is 33.6. The molecule has 0 fully saturated rings. The van der Waals surface area contributed by atoms with Gasteiger partial charge in [-0.15, -0.1) is 0 Å². The zero-order valence-electron chi connectivity index (χ0n) is 16.1. The summed E-state index contributed by atoms with van der Waals surface area (Å²) in [5.74, 6) is -0.618. The molecule has 1 atom stereocenters. The van der Waals surface area contributed by atoms with Gasteiger partial charge in [0.2, 0.25) is 0 Å². The molecule has 0 saturated heterocycles. The van der Waals surface area contributed by atoms with Gasteiger partial charge in [-0.1, -0.05) is 23.7 Å². The molecule has 1 unspecified atom stereocenters. The smallest absolute Gasteiger partial charge is 0.284 e. The number of aromatic nitrogens is 4. The van der Waals surface area contributed by atoms with E-state index in [0.29, 0.717) is 22.0 Å². The minimum absolute atomic E-state index is 0.120. The van der Waals surface area contributed by atoms with E-state index in [1.54, 1.807) is 45.0 Å². The number of carbonyl (C=O) groups excluding carboxylic acids is 1. The molecular weight excluding hydrogens is 394 g/mol. The Balaban J connectivity index is 2.14. The highest BCUT2D eigenvalue weighted by Gasteiger charge is 2.26. The number of carbonyl (C=O) groups is 1. The first kappa shape index (κ1) is 20.6. The number of nitrogens with one attached hydrogen (secondary N) is 1. The van der Waals surface area contributed by atoms with Gasteiger partial charge < -0.3 is 10.4 Å². The summed E-state index contributed by atoms with van der Waals surface area (Å²) in [6.07, 6.45) is 4.18. The number of hydrogen-bond donors (Lipinski definition) is 2. The second-order valence-electron chi connectivity index (χ2n) is 7.11. The lowest BCUT2D eigenvalue weighted by Crippen LogP contribution is -2.48. The predicted molar refractivity (Wildman–Crippen MR) is 109 cm³/mol. The van der Waals surface area contributed by atoms with E-state index < -0.39 is 23.1 Å². The van der Waals surface area contributed by atoms with E-state index in [9.17, 15) is 14.7 Å². The summed E-state index contributed by atoms with van der Waals surface area (Å²) < 4.78 is 1.08. The van der Waals surface area contributed by atoms with E-state index >= 15 is 0 Å². The lowest BCUT2D eigenvalue weighted by Gasteiger charge is -2.26. The van der Waals surface area contributed by atoms with Crippen molar-refractivity contribution in [3.05, 3.63) is 70.0 Å². The summed E-state index contributed by atoms with van der Waals surface area (Å²) in [7, 11) is 0. The fourth-order valence-electron chi connectivity index (χ4n) is 2.45. The Kier molecular flexibility index (Phi) is 5.76. The Bertz CT molecular complexity index is 1080. The molecule has 1 amide bonds. The van der Waals surface area contributed by atoms with Gasteiger partial charge in [-0.25, -0.2) is 9.97 Å². The van der Waals surface area contributed by atoms with E-state index in [4.69, 9.17) is 11.6 Å². The van der Waals surface area contributed by atoms with Crippen LogP contribution in [-0.4, -0.2) is 42.4 Å². The summed E-state index contributed by atoms with van der Waals surface area (Å²) >= 11 is 5.95. The van der Waals surface area contributed by atoms with Crippen LogP contribution in [-0.2, 0) is 0 Å². The minimum atomic E-state index is -1.16. The molecule has 2 heterocycles. The lowest BCUT2D eigenvalue weighted by atomic mass is 10.0. The van der Waals surface area contributed by atoms with Gasteiger partial charge in [0.05, 0.1) is 29.7 Å². The number of hydrogen-bond acceptors (Lipinski definition) is 6. The summed E-state index contributed by atoms with van der Waals surface area (Å²) in [5.41, 5.74) is -0.523. The second kappa shape index (κ2) is 8.10. The molecule has 0 spiro atoms. The molecule has 3 aromatic rings. The Morgan fingerprint density at radius 2 is 1.83 bits per heavy atom. The van der Waals surface area contributed by atoms with Gasteiger partial charge in [0.1, 0.15) is 17.6 Å². The van der Waals surface area contributed by atoms with Crippen LogP contribution < -0.4 is 10.9 Å². The van der Waals surface area contributed by atoms with Gasteiger partial charge >= 0.3 is 0 Å². The molecule has 9 heteroatoms. The number of rotatable bonds is 5. The van der Waals surface area contributed by atoms with Gasteiger partial charge in [0, 0.05) is 10.6 Å². The first-order valence-corrected chi connectivity index (χ1v) is 9.23. The Hall–Kier alpha value is -3.10. The van der Waals surface area contributed by atoms with Crippen molar-refractivity contribution in [1.82, 2.24) is 25.1 Å². The average molecular weight is 414 g/mol. The number of aliphatic hydroxyl groups is 1. The number of nitrogens with zero attached hydrogens (tertiary/aromatic N) is 4. The van der Waals surface area contributed by atoms with Gasteiger partial charge in [-0.2, -0.15) is 9.78 Å². The first-order valence-electron chi connectivity index (χ1n) is 8.86. The van der Waals surface area contributed by atoms with Crippen molar-refractivity contribution in [3.63, 3.8) is 0 Å². The summed E-state index contributed by atoms with van der Waals surface area (Å²) in [6.45, 7) is 4.80. The zero-order chi connectivity index (χ0) is 21.2. The van der Waals surface area contributed by atoms with Crippen molar-refractivity contribution in [2.24, 2.45) is 0 Å². The molecule has 0 aliphatic rings. The van der Waals surface area contributed by atoms with Crippen molar-refractivity contribution >= 4 is 17.5 Å². The van der Waals surface area contributed by atoms with Crippen molar-refractivity contribution in [2.75, 3.05) is 0 Å². The minimum Gasteiger partial charge on any atom is -0.388 e. The standard InChI is InChI=1S/C20H20ClN5O3/c1-12(20(2,3)29)24-18(27)16-8-17(13-4-6-14(21)7-5-13)25-26(19(16)28)15-9-22-11-23-10-15/h4-12,29H,1-3H3,(H,24,27). The van der Waals surface area contributed by atoms with E-state index in [0.717, 1.165) is 4.68 Å². The first-order chi connectivity index (χ1) is 13.7. The molecule has 0 radical (unpaired) electrons.